The maximum Gasteiger partial charge on any atom is 0.338 e. The van der Waals surface area contributed by atoms with Gasteiger partial charge in [-0.1, -0.05) is 6.08 Å². The lowest BCUT2D eigenvalue weighted by Gasteiger charge is -2.15. The molecule has 1 saturated heterocycles. The van der Waals surface area contributed by atoms with E-state index in [0.717, 1.165) is 12.8 Å². The van der Waals surface area contributed by atoms with Gasteiger partial charge >= 0.3 is 5.97 Å². The van der Waals surface area contributed by atoms with E-state index in [-0.39, 0.29) is 10.5 Å². The summed E-state index contributed by atoms with van der Waals surface area (Å²) in [5.74, 6) is -1.12. The van der Waals surface area contributed by atoms with E-state index in [1.165, 1.54) is 34.6 Å². The number of carbonyl (C=O) groups excluding carboxylic acids is 2. The lowest BCUT2D eigenvalue weighted by molar-refractivity contribution is -0.124. The number of carbonyl (C=O) groups is 2. The fourth-order valence-corrected chi connectivity index (χ4v) is 3.81. The predicted octanol–water partition coefficient (Wildman–Crippen LogP) is 0.930. The third-order valence-electron chi connectivity index (χ3n) is 3.57. The SMILES string of the molecule is C=CCNC(=O)COC(=O)c1ccc(S(=O)(=O)N2CCCC2)cc1. The summed E-state index contributed by atoms with van der Waals surface area (Å²) in [5.41, 5.74) is 0.187. The summed E-state index contributed by atoms with van der Waals surface area (Å²) in [4.78, 5) is 23.4. The number of hydrogen-bond donors (Lipinski definition) is 1. The fraction of sp³-hybridized carbons (Fsp3) is 0.375. The summed E-state index contributed by atoms with van der Waals surface area (Å²) in [6.45, 7) is 4.39. The van der Waals surface area contributed by atoms with E-state index in [9.17, 15) is 18.0 Å². The second-order valence-corrected chi connectivity index (χ2v) is 7.24. The Morgan fingerprint density at radius 2 is 1.83 bits per heavy atom. The van der Waals surface area contributed by atoms with Gasteiger partial charge in [0.2, 0.25) is 10.0 Å². The van der Waals surface area contributed by atoms with Gasteiger partial charge in [-0.05, 0) is 37.1 Å². The average molecular weight is 352 g/mol. The van der Waals surface area contributed by atoms with Crippen LogP contribution in [0.25, 0.3) is 0 Å². The molecule has 130 valence electrons. The van der Waals surface area contributed by atoms with Gasteiger partial charge in [-0.15, -0.1) is 6.58 Å². The number of ether oxygens (including phenoxy) is 1. The standard InChI is InChI=1S/C16H20N2O5S/c1-2-9-17-15(19)12-23-16(20)13-5-7-14(8-6-13)24(21,22)18-10-3-4-11-18/h2,5-8H,1,3-4,9-12H2,(H,17,19). The van der Waals surface area contributed by atoms with Crippen LogP contribution in [0, 0.1) is 0 Å². The number of sulfonamides is 1. The number of amides is 1. The molecule has 8 heteroatoms. The number of nitrogens with one attached hydrogen (secondary N) is 1. The average Bonchev–Trinajstić information content (AvgIpc) is 3.13. The van der Waals surface area contributed by atoms with Crippen LogP contribution in [-0.4, -0.2) is 50.8 Å². The molecular weight excluding hydrogens is 332 g/mol. The van der Waals surface area contributed by atoms with Crippen molar-refractivity contribution < 1.29 is 22.7 Å². The molecule has 0 saturated carbocycles. The summed E-state index contributed by atoms with van der Waals surface area (Å²) in [5, 5.41) is 2.48. The minimum atomic E-state index is -3.51. The van der Waals surface area contributed by atoms with Crippen LogP contribution >= 0.6 is 0 Å². The molecular formula is C16H20N2O5S. The van der Waals surface area contributed by atoms with Crippen molar-refractivity contribution in [3.05, 3.63) is 42.5 Å². The lowest BCUT2D eigenvalue weighted by Crippen LogP contribution is -2.29. The van der Waals surface area contributed by atoms with Crippen molar-refractivity contribution in [3.63, 3.8) is 0 Å². The van der Waals surface area contributed by atoms with Crippen LogP contribution in [0.2, 0.25) is 0 Å². The molecule has 1 aliphatic rings. The first-order valence-electron chi connectivity index (χ1n) is 7.60. The van der Waals surface area contributed by atoms with Crippen LogP contribution in [-0.2, 0) is 19.6 Å². The van der Waals surface area contributed by atoms with Crippen LogP contribution in [0.4, 0.5) is 0 Å². The second kappa shape index (κ2) is 8.07. The summed E-state index contributed by atoms with van der Waals surface area (Å²) in [6.07, 6.45) is 3.23. The zero-order valence-electron chi connectivity index (χ0n) is 13.2. The van der Waals surface area contributed by atoms with Crippen molar-refractivity contribution in [3.8, 4) is 0 Å². The van der Waals surface area contributed by atoms with Crippen molar-refractivity contribution in [2.75, 3.05) is 26.2 Å². The molecule has 0 radical (unpaired) electrons. The van der Waals surface area contributed by atoms with Crippen LogP contribution < -0.4 is 5.32 Å². The van der Waals surface area contributed by atoms with E-state index in [0.29, 0.717) is 19.6 Å². The highest BCUT2D eigenvalue weighted by molar-refractivity contribution is 7.89. The van der Waals surface area contributed by atoms with Crippen molar-refractivity contribution in [2.45, 2.75) is 17.7 Å². The molecule has 0 atom stereocenters. The van der Waals surface area contributed by atoms with Crippen LogP contribution in [0.5, 0.6) is 0 Å². The molecule has 1 aliphatic heterocycles. The van der Waals surface area contributed by atoms with Crippen LogP contribution in [0.15, 0.2) is 41.8 Å². The van der Waals surface area contributed by atoms with Gasteiger partial charge in [-0.25, -0.2) is 13.2 Å². The smallest absolute Gasteiger partial charge is 0.338 e. The normalized spacial score (nSPS) is 15.0. The minimum absolute atomic E-state index is 0.143. The summed E-state index contributed by atoms with van der Waals surface area (Å²) >= 11 is 0. The molecule has 0 aliphatic carbocycles. The first-order chi connectivity index (χ1) is 11.4. The molecule has 1 aromatic rings. The van der Waals surface area contributed by atoms with E-state index in [1.807, 2.05) is 0 Å². The highest BCUT2D eigenvalue weighted by Gasteiger charge is 2.27. The van der Waals surface area contributed by atoms with E-state index < -0.39 is 28.5 Å². The van der Waals surface area contributed by atoms with Crippen molar-refractivity contribution in [1.29, 1.82) is 0 Å². The van der Waals surface area contributed by atoms with Crippen molar-refractivity contribution >= 4 is 21.9 Å². The predicted molar refractivity (Wildman–Crippen MR) is 87.9 cm³/mol. The fourth-order valence-electron chi connectivity index (χ4n) is 2.29. The number of esters is 1. The Kier molecular flexibility index (Phi) is 6.10. The maximum atomic E-state index is 12.4. The van der Waals surface area contributed by atoms with E-state index in [1.54, 1.807) is 0 Å². The zero-order chi connectivity index (χ0) is 17.6. The van der Waals surface area contributed by atoms with Crippen molar-refractivity contribution in [2.24, 2.45) is 0 Å². The van der Waals surface area contributed by atoms with E-state index in [4.69, 9.17) is 4.74 Å². The Labute approximate surface area is 141 Å². The van der Waals surface area contributed by atoms with E-state index in [2.05, 4.69) is 11.9 Å². The highest BCUT2D eigenvalue weighted by atomic mass is 32.2. The first kappa shape index (κ1) is 18.2. The highest BCUT2D eigenvalue weighted by Crippen LogP contribution is 2.21. The molecule has 0 bridgehead atoms. The molecule has 0 unspecified atom stereocenters. The maximum absolute atomic E-state index is 12.4. The molecule has 1 amide bonds. The number of hydrogen-bond acceptors (Lipinski definition) is 5. The Morgan fingerprint density at radius 1 is 1.21 bits per heavy atom. The zero-order valence-corrected chi connectivity index (χ0v) is 14.0. The minimum Gasteiger partial charge on any atom is -0.452 e. The molecule has 1 N–H and O–H groups in total. The third-order valence-corrected chi connectivity index (χ3v) is 5.48. The number of benzene rings is 1. The summed E-state index contributed by atoms with van der Waals surface area (Å²) < 4.78 is 31.1. The number of nitrogens with zero attached hydrogens (tertiary/aromatic N) is 1. The quantitative estimate of drug-likeness (QED) is 0.582. The summed E-state index contributed by atoms with van der Waals surface area (Å²) in [6, 6.07) is 5.52. The number of rotatable bonds is 7. The molecule has 24 heavy (non-hydrogen) atoms. The lowest BCUT2D eigenvalue weighted by atomic mass is 10.2. The van der Waals surface area contributed by atoms with Gasteiger partial charge in [-0.3, -0.25) is 4.79 Å². The molecule has 1 aromatic carbocycles. The molecule has 7 nitrogen and oxygen atoms in total. The topological polar surface area (TPSA) is 92.8 Å². The largest absolute Gasteiger partial charge is 0.452 e. The van der Waals surface area contributed by atoms with Gasteiger partial charge in [0.15, 0.2) is 6.61 Å². The van der Waals surface area contributed by atoms with Gasteiger partial charge < -0.3 is 10.1 Å². The molecule has 0 aromatic heterocycles. The van der Waals surface area contributed by atoms with Crippen LogP contribution in [0.1, 0.15) is 23.2 Å². The van der Waals surface area contributed by atoms with Gasteiger partial charge in [0.05, 0.1) is 10.5 Å². The Bertz CT molecular complexity index is 706. The van der Waals surface area contributed by atoms with Gasteiger partial charge in [0, 0.05) is 19.6 Å². The van der Waals surface area contributed by atoms with Gasteiger partial charge in [0.1, 0.15) is 0 Å². The molecule has 0 spiro atoms. The Balaban J connectivity index is 1.97. The molecule has 2 rings (SSSR count). The first-order valence-corrected chi connectivity index (χ1v) is 9.04. The van der Waals surface area contributed by atoms with Crippen molar-refractivity contribution in [1.82, 2.24) is 9.62 Å². The Hall–Kier alpha value is -2.19. The van der Waals surface area contributed by atoms with E-state index >= 15 is 0 Å². The monoisotopic (exact) mass is 352 g/mol. The third kappa shape index (κ3) is 4.42. The van der Waals surface area contributed by atoms with Gasteiger partial charge in [0.25, 0.3) is 5.91 Å². The Morgan fingerprint density at radius 3 is 2.42 bits per heavy atom. The molecule has 1 heterocycles. The van der Waals surface area contributed by atoms with Gasteiger partial charge in [-0.2, -0.15) is 4.31 Å². The van der Waals surface area contributed by atoms with Crippen LogP contribution in [0.3, 0.4) is 0 Å². The second-order valence-electron chi connectivity index (χ2n) is 5.30. The molecule has 1 fully saturated rings. The summed E-state index contributed by atoms with van der Waals surface area (Å²) in [7, 11) is -3.51.